The molecule has 1 aliphatic heterocycles. The Hall–Kier alpha value is -2.21. The van der Waals surface area contributed by atoms with Gasteiger partial charge in [0.05, 0.1) is 13.2 Å². The summed E-state index contributed by atoms with van der Waals surface area (Å²) in [7, 11) is 0. The number of ether oxygens (including phenoxy) is 1. The highest BCUT2D eigenvalue weighted by atomic mass is 16.5. The van der Waals surface area contributed by atoms with Gasteiger partial charge in [0.15, 0.2) is 6.04 Å². The summed E-state index contributed by atoms with van der Waals surface area (Å²) >= 11 is 0. The number of aliphatic carboxylic acids is 1. The summed E-state index contributed by atoms with van der Waals surface area (Å²) in [4.78, 5) is 28.3. The van der Waals surface area contributed by atoms with E-state index in [0.717, 1.165) is 5.56 Å². The van der Waals surface area contributed by atoms with Crippen LogP contribution >= 0.6 is 0 Å². The molecule has 1 fully saturated rings. The van der Waals surface area contributed by atoms with Crippen molar-refractivity contribution in [2.24, 2.45) is 0 Å². The minimum absolute atomic E-state index is 0.0296. The Balaban J connectivity index is 2.06. The van der Waals surface area contributed by atoms with E-state index in [1.807, 2.05) is 6.07 Å². The predicted octanol–water partition coefficient (Wildman–Crippen LogP) is 0.407. The van der Waals surface area contributed by atoms with Gasteiger partial charge >= 0.3 is 5.97 Å². The quantitative estimate of drug-likeness (QED) is 0.798. The summed E-state index contributed by atoms with van der Waals surface area (Å²) in [6, 6.07) is 2.66. The highest BCUT2D eigenvalue weighted by Crippen LogP contribution is 2.09. The van der Waals surface area contributed by atoms with E-state index in [9.17, 15) is 9.59 Å². The number of rotatable bonds is 3. The van der Waals surface area contributed by atoms with E-state index in [4.69, 9.17) is 9.84 Å². The average molecular weight is 262 g/mol. The molecule has 1 saturated heterocycles. The molecule has 0 aromatic carbocycles. The van der Waals surface area contributed by atoms with Crippen LogP contribution in [0.2, 0.25) is 0 Å². The van der Waals surface area contributed by atoms with Crippen molar-refractivity contribution in [2.45, 2.75) is 6.04 Å². The van der Waals surface area contributed by atoms with Crippen LogP contribution in [0.1, 0.15) is 5.56 Å². The van der Waals surface area contributed by atoms with Crippen molar-refractivity contribution in [1.29, 1.82) is 0 Å². The van der Waals surface area contributed by atoms with Gasteiger partial charge in [-0.15, -0.1) is 0 Å². The zero-order valence-corrected chi connectivity index (χ0v) is 10.2. The molecule has 0 saturated carbocycles. The lowest BCUT2D eigenvalue weighted by atomic mass is 10.2. The van der Waals surface area contributed by atoms with Gasteiger partial charge in [-0.3, -0.25) is 9.78 Å². The van der Waals surface area contributed by atoms with E-state index >= 15 is 0 Å². The summed E-state index contributed by atoms with van der Waals surface area (Å²) in [6.07, 6.45) is 6.24. The van der Waals surface area contributed by atoms with Crippen LogP contribution in [-0.4, -0.2) is 52.7 Å². The molecule has 0 radical (unpaired) electrons. The molecule has 0 spiro atoms. The molecule has 0 bridgehead atoms. The third-order valence-corrected chi connectivity index (χ3v) is 2.80. The molecule has 1 N–H and O–H groups in total. The Labute approximate surface area is 110 Å². The molecule has 0 aliphatic carbocycles. The Kier molecular flexibility index (Phi) is 4.25. The number of amides is 1. The first kappa shape index (κ1) is 13.2. The number of morpholine rings is 1. The molecular formula is C13H14N2O4. The van der Waals surface area contributed by atoms with E-state index < -0.39 is 12.0 Å². The van der Waals surface area contributed by atoms with Crippen LogP contribution in [0.5, 0.6) is 0 Å². The number of hydrogen-bond acceptors (Lipinski definition) is 4. The number of carboxylic acid groups (broad SMARTS) is 1. The van der Waals surface area contributed by atoms with Gasteiger partial charge in [0.2, 0.25) is 5.91 Å². The molecule has 2 heterocycles. The summed E-state index contributed by atoms with van der Waals surface area (Å²) in [6.45, 7) is 0.672. The molecular weight excluding hydrogens is 248 g/mol. The third kappa shape index (κ3) is 3.38. The second-order valence-electron chi connectivity index (χ2n) is 4.08. The lowest BCUT2D eigenvalue weighted by Crippen LogP contribution is -2.52. The number of carboxylic acids is 1. The Morgan fingerprint density at radius 3 is 3.05 bits per heavy atom. The largest absolute Gasteiger partial charge is 0.480 e. The summed E-state index contributed by atoms with van der Waals surface area (Å²) < 4.78 is 5.08. The Morgan fingerprint density at radius 1 is 1.53 bits per heavy atom. The average Bonchev–Trinajstić information content (AvgIpc) is 2.46. The Bertz CT molecular complexity index is 487. The van der Waals surface area contributed by atoms with E-state index in [1.165, 1.54) is 11.0 Å². The molecule has 1 aromatic rings. The van der Waals surface area contributed by atoms with Gasteiger partial charge in [0.1, 0.15) is 0 Å². The number of carbonyl (C=O) groups excluding carboxylic acids is 1. The minimum Gasteiger partial charge on any atom is -0.480 e. The van der Waals surface area contributed by atoms with Crippen molar-refractivity contribution < 1.29 is 19.4 Å². The highest BCUT2D eigenvalue weighted by Gasteiger charge is 2.31. The predicted molar refractivity (Wildman–Crippen MR) is 67.2 cm³/mol. The fraction of sp³-hybridized carbons (Fsp3) is 0.308. The SMILES string of the molecule is O=C(O)C1COCCN1C(=O)/C=C/c1cccnc1. The van der Waals surface area contributed by atoms with Crippen LogP contribution in [0.3, 0.4) is 0 Å². The Morgan fingerprint density at radius 2 is 2.37 bits per heavy atom. The van der Waals surface area contributed by atoms with Crippen LogP contribution in [-0.2, 0) is 14.3 Å². The summed E-state index contributed by atoms with van der Waals surface area (Å²) in [5.74, 6) is -1.39. The zero-order chi connectivity index (χ0) is 13.7. The molecule has 100 valence electrons. The van der Waals surface area contributed by atoms with E-state index in [2.05, 4.69) is 4.98 Å². The van der Waals surface area contributed by atoms with Crippen molar-refractivity contribution in [2.75, 3.05) is 19.8 Å². The standard InChI is InChI=1S/C13H14N2O4/c16-12(4-3-10-2-1-5-14-8-10)15-6-7-19-9-11(15)13(17)18/h1-5,8,11H,6-7,9H2,(H,17,18)/b4-3+. The van der Waals surface area contributed by atoms with Gasteiger partial charge in [-0.05, 0) is 17.7 Å². The van der Waals surface area contributed by atoms with Crippen molar-refractivity contribution in [3.8, 4) is 0 Å². The zero-order valence-electron chi connectivity index (χ0n) is 10.2. The van der Waals surface area contributed by atoms with Crippen molar-refractivity contribution in [1.82, 2.24) is 9.88 Å². The molecule has 1 atom stereocenters. The van der Waals surface area contributed by atoms with E-state index in [-0.39, 0.29) is 19.1 Å². The molecule has 2 rings (SSSR count). The second-order valence-corrected chi connectivity index (χ2v) is 4.08. The lowest BCUT2D eigenvalue weighted by Gasteiger charge is -2.31. The molecule has 6 nitrogen and oxygen atoms in total. The molecule has 1 amide bonds. The smallest absolute Gasteiger partial charge is 0.328 e. The number of pyridine rings is 1. The number of carbonyl (C=O) groups is 2. The molecule has 19 heavy (non-hydrogen) atoms. The monoisotopic (exact) mass is 262 g/mol. The fourth-order valence-electron chi connectivity index (χ4n) is 1.81. The van der Waals surface area contributed by atoms with Crippen molar-refractivity contribution in [3.05, 3.63) is 36.2 Å². The van der Waals surface area contributed by atoms with E-state index in [1.54, 1.807) is 24.5 Å². The fourth-order valence-corrected chi connectivity index (χ4v) is 1.81. The van der Waals surface area contributed by atoms with Crippen LogP contribution < -0.4 is 0 Å². The highest BCUT2D eigenvalue weighted by molar-refractivity contribution is 5.94. The molecule has 1 aromatic heterocycles. The van der Waals surface area contributed by atoms with Crippen LogP contribution in [0.15, 0.2) is 30.6 Å². The van der Waals surface area contributed by atoms with Gasteiger partial charge in [-0.25, -0.2) is 4.79 Å². The number of aromatic nitrogens is 1. The van der Waals surface area contributed by atoms with Crippen LogP contribution in [0.25, 0.3) is 6.08 Å². The van der Waals surface area contributed by atoms with Crippen LogP contribution in [0, 0.1) is 0 Å². The van der Waals surface area contributed by atoms with Crippen molar-refractivity contribution >= 4 is 18.0 Å². The summed E-state index contributed by atoms with van der Waals surface area (Å²) in [5.41, 5.74) is 0.788. The maximum Gasteiger partial charge on any atom is 0.328 e. The first-order valence-corrected chi connectivity index (χ1v) is 5.88. The molecule has 6 heteroatoms. The van der Waals surface area contributed by atoms with Crippen molar-refractivity contribution in [3.63, 3.8) is 0 Å². The van der Waals surface area contributed by atoms with Gasteiger partial charge in [-0.2, -0.15) is 0 Å². The lowest BCUT2D eigenvalue weighted by molar-refractivity contribution is -0.156. The van der Waals surface area contributed by atoms with E-state index in [0.29, 0.717) is 6.61 Å². The summed E-state index contributed by atoms with van der Waals surface area (Å²) in [5, 5.41) is 9.03. The van der Waals surface area contributed by atoms with Gasteiger partial charge in [-0.1, -0.05) is 6.07 Å². The topological polar surface area (TPSA) is 79.7 Å². The third-order valence-electron chi connectivity index (χ3n) is 2.80. The van der Waals surface area contributed by atoms with Crippen LogP contribution in [0.4, 0.5) is 0 Å². The maximum atomic E-state index is 12.0. The minimum atomic E-state index is -1.05. The van der Waals surface area contributed by atoms with Gasteiger partial charge < -0.3 is 14.7 Å². The maximum absolute atomic E-state index is 12.0. The molecule has 1 aliphatic rings. The first-order valence-electron chi connectivity index (χ1n) is 5.88. The first-order chi connectivity index (χ1) is 9.18. The van der Waals surface area contributed by atoms with Gasteiger partial charge in [0, 0.05) is 25.0 Å². The normalized spacial score (nSPS) is 19.6. The molecule has 1 unspecified atom stereocenters. The number of nitrogens with zero attached hydrogens (tertiary/aromatic N) is 2. The number of hydrogen-bond donors (Lipinski definition) is 1. The van der Waals surface area contributed by atoms with Gasteiger partial charge in [0.25, 0.3) is 0 Å². The second kappa shape index (κ2) is 6.10.